The Morgan fingerprint density at radius 3 is 2.43 bits per heavy atom. The lowest BCUT2D eigenvalue weighted by Crippen LogP contribution is -2.23. The highest BCUT2D eigenvalue weighted by Gasteiger charge is 2.21. The summed E-state index contributed by atoms with van der Waals surface area (Å²) in [5.74, 6) is -2.21. The minimum Gasteiger partial charge on any atom is -0.306 e. The standard InChI is InChI=1S/C16H15BrF3N/c1-3-21-16(10-5-7-12(17)13(18)8-10)11-6-4-9(2)14(19)15(11)20/h4-8,16,21H,3H2,1-2H3. The number of nitrogens with one attached hydrogen (secondary N) is 1. The van der Waals surface area contributed by atoms with Gasteiger partial charge in [-0.05, 0) is 52.7 Å². The van der Waals surface area contributed by atoms with Crippen molar-refractivity contribution in [3.63, 3.8) is 0 Å². The molecule has 0 fully saturated rings. The van der Waals surface area contributed by atoms with Gasteiger partial charge in [-0.3, -0.25) is 0 Å². The first-order valence-electron chi connectivity index (χ1n) is 6.58. The molecule has 0 radical (unpaired) electrons. The largest absolute Gasteiger partial charge is 0.306 e. The van der Waals surface area contributed by atoms with Crippen LogP contribution in [0.15, 0.2) is 34.8 Å². The molecule has 2 rings (SSSR count). The molecule has 0 aromatic heterocycles. The monoisotopic (exact) mass is 357 g/mol. The highest BCUT2D eigenvalue weighted by Crippen LogP contribution is 2.29. The minimum atomic E-state index is -0.899. The van der Waals surface area contributed by atoms with E-state index >= 15 is 0 Å². The Bertz CT molecular complexity index is 658. The second-order valence-corrected chi connectivity index (χ2v) is 5.62. The molecule has 0 aliphatic carbocycles. The van der Waals surface area contributed by atoms with E-state index in [1.807, 2.05) is 6.92 Å². The first kappa shape index (κ1) is 16.0. The molecule has 0 aliphatic rings. The van der Waals surface area contributed by atoms with Gasteiger partial charge in [0.1, 0.15) is 5.82 Å². The molecule has 21 heavy (non-hydrogen) atoms. The SMILES string of the molecule is CCNC(c1ccc(Br)c(F)c1)c1ccc(C)c(F)c1F. The maximum Gasteiger partial charge on any atom is 0.164 e. The van der Waals surface area contributed by atoms with E-state index in [0.29, 0.717) is 16.6 Å². The third-order valence-corrected chi connectivity index (χ3v) is 3.94. The molecule has 0 aliphatic heterocycles. The van der Waals surface area contributed by atoms with Gasteiger partial charge in [0.15, 0.2) is 11.6 Å². The molecule has 1 unspecified atom stereocenters. The zero-order valence-corrected chi connectivity index (χ0v) is 13.3. The van der Waals surface area contributed by atoms with Crippen molar-refractivity contribution in [3.05, 3.63) is 68.9 Å². The molecule has 0 bridgehead atoms. The Morgan fingerprint density at radius 2 is 1.81 bits per heavy atom. The van der Waals surface area contributed by atoms with Gasteiger partial charge in [0.05, 0.1) is 10.5 Å². The van der Waals surface area contributed by atoms with Crippen LogP contribution in [0.4, 0.5) is 13.2 Å². The van der Waals surface area contributed by atoms with Crippen LogP contribution in [0, 0.1) is 24.4 Å². The van der Waals surface area contributed by atoms with Crippen LogP contribution in [-0.2, 0) is 0 Å². The molecule has 0 saturated carbocycles. The van der Waals surface area contributed by atoms with E-state index in [-0.39, 0.29) is 11.1 Å². The zero-order valence-electron chi connectivity index (χ0n) is 11.7. The maximum absolute atomic E-state index is 14.2. The predicted molar refractivity (Wildman–Crippen MR) is 80.7 cm³/mol. The van der Waals surface area contributed by atoms with Crippen LogP contribution in [0.3, 0.4) is 0 Å². The molecule has 0 amide bonds. The molecule has 112 valence electrons. The molecule has 2 aromatic carbocycles. The van der Waals surface area contributed by atoms with E-state index in [9.17, 15) is 13.2 Å². The van der Waals surface area contributed by atoms with Gasteiger partial charge in [0, 0.05) is 5.56 Å². The molecule has 1 nitrogen and oxygen atoms in total. The Labute approximate surface area is 130 Å². The molecule has 5 heteroatoms. The van der Waals surface area contributed by atoms with Crippen molar-refractivity contribution in [2.24, 2.45) is 0 Å². The predicted octanol–water partition coefficient (Wildman–Crippen LogP) is 4.87. The Morgan fingerprint density at radius 1 is 1.10 bits per heavy atom. The lowest BCUT2D eigenvalue weighted by Gasteiger charge is -2.20. The number of benzene rings is 2. The van der Waals surface area contributed by atoms with Gasteiger partial charge in [0.2, 0.25) is 0 Å². The minimum absolute atomic E-state index is 0.168. The summed E-state index contributed by atoms with van der Waals surface area (Å²) in [4.78, 5) is 0. The topological polar surface area (TPSA) is 12.0 Å². The third kappa shape index (κ3) is 3.30. The van der Waals surface area contributed by atoms with Crippen LogP contribution >= 0.6 is 15.9 Å². The van der Waals surface area contributed by atoms with Gasteiger partial charge in [-0.25, -0.2) is 13.2 Å². The highest BCUT2D eigenvalue weighted by atomic mass is 79.9. The molecule has 0 spiro atoms. The molecule has 0 heterocycles. The number of rotatable bonds is 4. The van der Waals surface area contributed by atoms with Gasteiger partial charge in [-0.15, -0.1) is 0 Å². The average molecular weight is 358 g/mol. The van der Waals surface area contributed by atoms with Crippen molar-refractivity contribution in [3.8, 4) is 0 Å². The third-order valence-electron chi connectivity index (χ3n) is 3.30. The average Bonchev–Trinajstić information content (AvgIpc) is 2.46. The quantitative estimate of drug-likeness (QED) is 0.822. The van der Waals surface area contributed by atoms with Crippen molar-refractivity contribution in [1.82, 2.24) is 5.32 Å². The summed E-state index contributed by atoms with van der Waals surface area (Å²) in [6.45, 7) is 3.89. The van der Waals surface area contributed by atoms with Crippen LogP contribution < -0.4 is 5.32 Å². The second kappa shape index (κ2) is 6.62. The van der Waals surface area contributed by atoms with Crippen LogP contribution in [-0.4, -0.2) is 6.54 Å². The number of aryl methyl sites for hydroxylation is 1. The van der Waals surface area contributed by atoms with E-state index in [4.69, 9.17) is 0 Å². The second-order valence-electron chi connectivity index (χ2n) is 4.76. The van der Waals surface area contributed by atoms with Crippen LogP contribution in [0.1, 0.15) is 29.7 Å². The Hall–Kier alpha value is -1.33. The molecule has 1 N–H and O–H groups in total. The number of hydrogen-bond donors (Lipinski definition) is 1. The van der Waals surface area contributed by atoms with Crippen LogP contribution in [0.5, 0.6) is 0 Å². The van der Waals surface area contributed by atoms with Gasteiger partial charge in [-0.1, -0.05) is 25.1 Å². The Kier molecular flexibility index (Phi) is 5.06. The molecular weight excluding hydrogens is 343 g/mol. The van der Waals surface area contributed by atoms with E-state index < -0.39 is 23.5 Å². The van der Waals surface area contributed by atoms with Gasteiger partial charge < -0.3 is 5.32 Å². The van der Waals surface area contributed by atoms with Gasteiger partial charge in [-0.2, -0.15) is 0 Å². The lowest BCUT2D eigenvalue weighted by molar-refractivity contribution is 0.478. The summed E-state index contributed by atoms with van der Waals surface area (Å²) in [5, 5.41) is 3.06. The van der Waals surface area contributed by atoms with Crippen molar-refractivity contribution < 1.29 is 13.2 Å². The first-order valence-corrected chi connectivity index (χ1v) is 7.37. The fraction of sp³-hybridized carbons (Fsp3) is 0.250. The fourth-order valence-corrected chi connectivity index (χ4v) is 2.43. The van der Waals surface area contributed by atoms with Gasteiger partial charge in [0.25, 0.3) is 0 Å². The summed E-state index contributed by atoms with van der Waals surface area (Å²) in [7, 11) is 0. The summed E-state index contributed by atoms with van der Waals surface area (Å²) >= 11 is 3.08. The smallest absolute Gasteiger partial charge is 0.164 e. The fourth-order valence-electron chi connectivity index (χ4n) is 2.19. The highest BCUT2D eigenvalue weighted by molar-refractivity contribution is 9.10. The van der Waals surface area contributed by atoms with E-state index in [1.165, 1.54) is 25.1 Å². The maximum atomic E-state index is 14.2. The van der Waals surface area contributed by atoms with Crippen molar-refractivity contribution >= 4 is 15.9 Å². The summed E-state index contributed by atoms with van der Waals surface area (Å²) < 4.78 is 42.0. The van der Waals surface area contributed by atoms with Crippen LogP contribution in [0.2, 0.25) is 0 Å². The number of hydrogen-bond acceptors (Lipinski definition) is 1. The number of halogens is 4. The van der Waals surface area contributed by atoms with E-state index in [0.717, 1.165) is 0 Å². The summed E-state index contributed by atoms with van der Waals surface area (Å²) in [6, 6.07) is 6.99. The summed E-state index contributed by atoms with van der Waals surface area (Å²) in [6.07, 6.45) is 0. The Balaban J connectivity index is 2.53. The molecular formula is C16H15BrF3N. The van der Waals surface area contributed by atoms with Gasteiger partial charge >= 0.3 is 0 Å². The first-order chi connectivity index (χ1) is 9.95. The molecule has 1 atom stereocenters. The van der Waals surface area contributed by atoms with Crippen LogP contribution in [0.25, 0.3) is 0 Å². The van der Waals surface area contributed by atoms with Crippen molar-refractivity contribution in [2.75, 3.05) is 6.54 Å². The van der Waals surface area contributed by atoms with Crippen molar-refractivity contribution in [2.45, 2.75) is 19.9 Å². The van der Waals surface area contributed by atoms with E-state index in [2.05, 4.69) is 21.2 Å². The normalized spacial score (nSPS) is 12.5. The van der Waals surface area contributed by atoms with Crippen molar-refractivity contribution in [1.29, 1.82) is 0 Å². The van der Waals surface area contributed by atoms with E-state index in [1.54, 1.807) is 12.1 Å². The lowest BCUT2D eigenvalue weighted by atomic mass is 9.96. The zero-order chi connectivity index (χ0) is 15.6. The molecule has 2 aromatic rings. The molecule has 0 saturated heterocycles. The summed E-state index contributed by atoms with van der Waals surface area (Å²) in [5.41, 5.74) is 0.954.